The predicted octanol–water partition coefficient (Wildman–Crippen LogP) is 1.29. The van der Waals surface area contributed by atoms with Crippen LogP contribution in [0.3, 0.4) is 0 Å². The van der Waals surface area contributed by atoms with Crippen LogP contribution in [0.25, 0.3) is 0 Å². The van der Waals surface area contributed by atoms with Gasteiger partial charge in [0.05, 0.1) is 6.07 Å². The molecule has 0 spiro atoms. The van der Waals surface area contributed by atoms with E-state index in [1.165, 1.54) is 0 Å². The molecule has 1 heterocycles. The van der Waals surface area contributed by atoms with E-state index < -0.39 is 5.54 Å². The lowest BCUT2D eigenvalue weighted by atomic mass is 9.98. The molecule has 0 aromatic heterocycles. The fourth-order valence-electron chi connectivity index (χ4n) is 2.51. The Morgan fingerprint density at radius 3 is 2.22 bits per heavy atom. The predicted molar refractivity (Wildman–Crippen MR) is 75.5 cm³/mol. The van der Waals surface area contributed by atoms with Gasteiger partial charge in [-0.2, -0.15) is 5.26 Å². The van der Waals surface area contributed by atoms with Crippen LogP contribution in [0, 0.1) is 11.3 Å². The summed E-state index contributed by atoms with van der Waals surface area (Å²) in [6, 6.07) is 2.77. The first-order chi connectivity index (χ1) is 8.49. The molecule has 1 saturated heterocycles. The summed E-state index contributed by atoms with van der Waals surface area (Å²) in [6.07, 6.45) is 0.897. The Balaban J connectivity index is 2.34. The van der Waals surface area contributed by atoms with E-state index in [0.29, 0.717) is 6.04 Å². The van der Waals surface area contributed by atoms with Crippen LogP contribution >= 0.6 is 0 Å². The Kier molecular flexibility index (Phi) is 6.07. The normalized spacial score (nSPS) is 21.8. The molecule has 1 fully saturated rings. The molecule has 1 rings (SSSR count). The highest BCUT2D eigenvalue weighted by atomic mass is 15.3. The molecule has 1 aliphatic heterocycles. The third kappa shape index (κ3) is 4.93. The third-order valence-corrected chi connectivity index (χ3v) is 3.69. The SMILES string of the molecule is CCN1CCN(CCC(C)(C#N)NC(C)C)CC1. The van der Waals surface area contributed by atoms with Crippen LogP contribution in [0.15, 0.2) is 0 Å². The summed E-state index contributed by atoms with van der Waals surface area (Å²) in [5.74, 6) is 0. The van der Waals surface area contributed by atoms with Crippen molar-refractivity contribution in [3.05, 3.63) is 0 Å². The first kappa shape index (κ1) is 15.4. The molecule has 0 bridgehead atoms. The molecule has 0 aliphatic carbocycles. The molecule has 0 saturated carbocycles. The van der Waals surface area contributed by atoms with Crippen molar-refractivity contribution in [3.8, 4) is 6.07 Å². The number of rotatable bonds is 6. The van der Waals surface area contributed by atoms with Crippen molar-refractivity contribution in [3.63, 3.8) is 0 Å². The van der Waals surface area contributed by atoms with Gasteiger partial charge < -0.3 is 9.80 Å². The molecule has 0 aromatic rings. The molecule has 18 heavy (non-hydrogen) atoms. The average Bonchev–Trinajstić information content (AvgIpc) is 2.36. The van der Waals surface area contributed by atoms with Crippen molar-refractivity contribution in [1.82, 2.24) is 15.1 Å². The fourth-order valence-corrected chi connectivity index (χ4v) is 2.51. The first-order valence-corrected chi connectivity index (χ1v) is 7.13. The Morgan fingerprint density at radius 1 is 1.22 bits per heavy atom. The lowest BCUT2D eigenvalue weighted by Crippen LogP contribution is -2.50. The second-order valence-electron chi connectivity index (χ2n) is 5.77. The molecule has 0 amide bonds. The number of hydrogen-bond acceptors (Lipinski definition) is 4. The van der Waals surface area contributed by atoms with Gasteiger partial charge in [-0.25, -0.2) is 0 Å². The quantitative estimate of drug-likeness (QED) is 0.773. The van der Waals surface area contributed by atoms with Gasteiger partial charge in [-0.3, -0.25) is 5.32 Å². The molecule has 1 atom stereocenters. The van der Waals surface area contributed by atoms with Gasteiger partial charge in [-0.05, 0) is 33.7 Å². The number of likely N-dealkylation sites (N-methyl/N-ethyl adjacent to an activating group) is 1. The van der Waals surface area contributed by atoms with Crippen molar-refractivity contribution >= 4 is 0 Å². The van der Waals surface area contributed by atoms with Crippen LogP contribution in [0.4, 0.5) is 0 Å². The zero-order valence-corrected chi connectivity index (χ0v) is 12.4. The maximum atomic E-state index is 9.30. The Bertz CT molecular complexity index is 276. The first-order valence-electron chi connectivity index (χ1n) is 7.13. The Morgan fingerprint density at radius 2 is 1.78 bits per heavy atom. The van der Waals surface area contributed by atoms with Crippen molar-refractivity contribution in [1.29, 1.82) is 5.26 Å². The van der Waals surface area contributed by atoms with Gasteiger partial charge in [0.15, 0.2) is 0 Å². The van der Waals surface area contributed by atoms with E-state index in [2.05, 4.69) is 42.0 Å². The number of nitrogens with zero attached hydrogens (tertiary/aromatic N) is 3. The van der Waals surface area contributed by atoms with Crippen LogP contribution in [0.1, 0.15) is 34.1 Å². The van der Waals surface area contributed by atoms with E-state index in [-0.39, 0.29) is 0 Å². The van der Waals surface area contributed by atoms with E-state index in [1.807, 2.05) is 6.92 Å². The van der Waals surface area contributed by atoms with E-state index >= 15 is 0 Å². The number of hydrogen-bond donors (Lipinski definition) is 1. The van der Waals surface area contributed by atoms with Crippen molar-refractivity contribution in [2.75, 3.05) is 39.3 Å². The smallest absolute Gasteiger partial charge is 0.105 e. The van der Waals surface area contributed by atoms with Crippen molar-refractivity contribution in [2.24, 2.45) is 0 Å². The van der Waals surface area contributed by atoms with E-state index in [4.69, 9.17) is 0 Å². The molecular formula is C14H28N4. The van der Waals surface area contributed by atoms with Crippen molar-refractivity contribution < 1.29 is 0 Å². The highest BCUT2D eigenvalue weighted by Crippen LogP contribution is 2.12. The van der Waals surface area contributed by atoms with E-state index in [0.717, 1.165) is 45.7 Å². The maximum absolute atomic E-state index is 9.30. The Labute approximate surface area is 112 Å². The van der Waals surface area contributed by atoms with Crippen LogP contribution in [0.5, 0.6) is 0 Å². The van der Waals surface area contributed by atoms with Gasteiger partial charge in [-0.1, -0.05) is 6.92 Å². The monoisotopic (exact) mass is 252 g/mol. The van der Waals surface area contributed by atoms with Gasteiger partial charge in [-0.15, -0.1) is 0 Å². The largest absolute Gasteiger partial charge is 0.301 e. The molecule has 0 radical (unpaired) electrons. The minimum absolute atomic E-state index is 0.353. The summed E-state index contributed by atoms with van der Waals surface area (Å²) >= 11 is 0. The standard InChI is InChI=1S/C14H28N4/c1-5-17-8-10-18(11-9-17)7-6-14(4,12-15)16-13(2)3/h13,16H,5-11H2,1-4H3. The number of nitriles is 1. The third-order valence-electron chi connectivity index (χ3n) is 3.69. The zero-order chi connectivity index (χ0) is 13.6. The van der Waals surface area contributed by atoms with Gasteiger partial charge >= 0.3 is 0 Å². The maximum Gasteiger partial charge on any atom is 0.105 e. The zero-order valence-electron chi connectivity index (χ0n) is 12.4. The molecule has 104 valence electrons. The molecule has 4 heteroatoms. The number of piperazine rings is 1. The van der Waals surface area contributed by atoms with E-state index in [9.17, 15) is 5.26 Å². The summed E-state index contributed by atoms with van der Waals surface area (Å²) in [7, 11) is 0. The molecule has 1 aliphatic rings. The van der Waals surface area contributed by atoms with Gasteiger partial charge in [0.2, 0.25) is 0 Å². The molecule has 0 aromatic carbocycles. The summed E-state index contributed by atoms with van der Waals surface area (Å²) in [5, 5.41) is 12.7. The average molecular weight is 252 g/mol. The topological polar surface area (TPSA) is 42.3 Å². The van der Waals surface area contributed by atoms with E-state index in [1.54, 1.807) is 0 Å². The van der Waals surface area contributed by atoms with Crippen LogP contribution < -0.4 is 5.32 Å². The van der Waals surface area contributed by atoms with Gasteiger partial charge in [0, 0.05) is 38.8 Å². The minimum Gasteiger partial charge on any atom is -0.301 e. The molecular weight excluding hydrogens is 224 g/mol. The van der Waals surface area contributed by atoms with Crippen molar-refractivity contribution in [2.45, 2.75) is 45.7 Å². The van der Waals surface area contributed by atoms with Crippen LogP contribution in [-0.2, 0) is 0 Å². The lowest BCUT2D eigenvalue weighted by Gasteiger charge is -2.36. The summed E-state index contributed by atoms with van der Waals surface area (Å²) in [4.78, 5) is 4.95. The summed E-state index contributed by atoms with van der Waals surface area (Å²) in [6.45, 7) is 15.2. The fraction of sp³-hybridized carbons (Fsp3) is 0.929. The highest BCUT2D eigenvalue weighted by molar-refractivity contribution is 5.04. The minimum atomic E-state index is -0.393. The van der Waals surface area contributed by atoms with Gasteiger partial charge in [0.1, 0.15) is 5.54 Å². The second kappa shape index (κ2) is 7.08. The molecule has 1 unspecified atom stereocenters. The van der Waals surface area contributed by atoms with Crippen LogP contribution in [0.2, 0.25) is 0 Å². The summed E-state index contributed by atoms with van der Waals surface area (Å²) < 4.78 is 0. The highest BCUT2D eigenvalue weighted by Gasteiger charge is 2.26. The lowest BCUT2D eigenvalue weighted by molar-refractivity contribution is 0.129. The Hall–Kier alpha value is -0.630. The van der Waals surface area contributed by atoms with Gasteiger partial charge in [0.25, 0.3) is 0 Å². The second-order valence-corrected chi connectivity index (χ2v) is 5.77. The molecule has 4 nitrogen and oxygen atoms in total. The summed E-state index contributed by atoms with van der Waals surface area (Å²) in [5.41, 5.74) is -0.393. The number of nitrogens with one attached hydrogen (secondary N) is 1. The van der Waals surface area contributed by atoms with Crippen LogP contribution in [-0.4, -0.2) is 60.6 Å². The molecule has 1 N–H and O–H groups in total.